The average molecular weight is 297 g/mol. The minimum absolute atomic E-state index is 0.245. The molecule has 0 saturated carbocycles. The highest BCUT2D eigenvalue weighted by Gasteiger charge is 2.26. The van der Waals surface area contributed by atoms with Crippen molar-refractivity contribution in [2.45, 2.75) is 33.2 Å². The molecule has 0 radical (unpaired) electrons. The zero-order valence-electron chi connectivity index (χ0n) is 13.2. The number of aromatic nitrogens is 2. The number of ether oxygens (including phenoxy) is 2. The van der Waals surface area contributed by atoms with E-state index < -0.39 is 17.9 Å². The third-order valence-corrected chi connectivity index (χ3v) is 2.91. The molecule has 1 atom stereocenters. The first-order chi connectivity index (χ1) is 9.90. The first-order valence-corrected chi connectivity index (χ1v) is 6.94. The van der Waals surface area contributed by atoms with Crippen molar-refractivity contribution in [2.24, 2.45) is 13.0 Å². The zero-order chi connectivity index (χ0) is 16.0. The summed E-state index contributed by atoms with van der Waals surface area (Å²) in [6.45, 7) is 6.19. The van der Waals surface area contributed by atoms with Crippen LogP contribution in [0.2, 0.25) is 0 Å². The van der Waals surface area contributed by atoms with Crippen molar-refractivity contribution in [1.29, 1.82) is 0 Å². The highest BCUT2D eigenvalue weighted by Crippen LogP contribution is 2.17. The second-order valence-corrected chi connectivity index (χ2v) is 5.10. The Hall–Kier alpha value is -2.05. The summed E-state index contributed by atoms with van der Waals surface area (Å²) >= 11 is 0. The molecule has 1 rings (SSSR count). The molecule has 0 fully saturated rings. The minimum atomic E-state index is -0.683. The Morgan fingerprint density at radius 1 is 1.43 bits per heavy atom. The number of nitrogens with one attached hydrogen (secondary N) is 1. The van der Waals surface area contributed by atoms with Crippen molar-refractivity contribution < 1.29 is 19.1 Å². The van der Waals surface area contributed by atoms with E-state index in [9.17, 15) is 9.59 Å². The van der Waals surface area contributed by atoms with Crippen LogP contribution in [-0.2, 0) is 16.6 Å². The monoisotopic (exact) mass is 297 g/mol. The molecule has 1 amide bonds. The fourth-order valence-corrected chi connectivity index (χ4v) is 1.95. The van der Waals surface area contributed by atoms with E-state index >= 15 is 0 Å². The lowest BCUT2D eigenvalue weighted by Crippen LogP contribution is -2.42. The van der Waals surface area contributed by atoms with Gasteiger partial charge in [-0.15, -0.1) is 0 Å². The number of amides is 1. The smallest absolute Gasteiger partial charge is 0.328 e. The van der Waals surface area contributed by atoms with Gasteiger partial charge in [-0.25, -0.2) is 9.48 Å². The Morgan fingerprint density at radius 3 is 2.62 bits per heavy atom. The number of carbonyl (C=O) groups is 2. The van der Waals surface area contributed by atoms with Gasteiger partial charge in [-0.05, 0) is 19.3 Å². The Labute approximate surface area is 124 Å². The molecule has 1 N–H and O–H groups in total. The van der Waals surface area contributed by atoms with Crippen LogP contribution in [0.1, 0.15) is 37.6 Å². The number of esters is 1. The molecule has 7 heteroatoms. The maximum Gasteiger partial charge on any atom is 0.328 e. The molecule has 0 aliphatic rings. The van der Waals surface area contributed by atoms with Gasteiger partial charge in [0.15, 0.2) is 0 Å². The quantitative estimate of drug-likeness (QED) is 0.763. The molecule has 1 aromatic rings. The molecule has 21 heavy (non-hydrogen) atoms. The number of carbonyl (C=O) groups excluding carboxylic acids is 2. The number of methoxy groups -OCH3 is 1. The van der Waals surface area contributed by atoms with E-state index in [-0.39, 0.29) is 5.92 Å². The second-order valence-electron chi connectivity index (χ2n) is 5.10. The van der Waals surface area contributed by atoms with Crippen molar-refractivity contribution in [2.75, 3.05) is 13.7 Å². The topological polar surface area (TPSA) is 82.4 Å². The third-order valence-electron chi connectivity index (χ3n) is 2.91. The number of hydrogen-bond acceptors (Lipinski definition) is 5. The third kappa shape index (κ3) is 4.47. The van der Waals surface area contributed by atoms with E-state index in [1.54, 1.807) is 7.05 Å². The lowest BCUT2D eigenvalue weighted by molar-refractivity contribution is -0.143. The molecule has 7 nitrogen and oxygen atoms in total. The molecule has 1 heterocycles. The van der Waals surface area contributed by atoms with Crippen LogP contribution in [0.3, 0.4) is 0 Å². The Morgan fingerprint density at radius 2 is 2.10 bits per heavy atom. The molecule has 0 aliphatic carbocycles. The fraction of sp³-hybridized carbons (Fsp3) is 0.643. The molecule has 0 aromatic carbocycles. The first-order valence-electron chi connectivity index (χ1n) is 6.94. The van der Waals surface area contributed by atoms with Crippen LogP contribution in [0.5, 0.6) is 5.88 Å². The van der Waals surface area contributed by atoms with Gasteiger partial charge in [0.05, 0.1) is 19.9 Å². The van der Waals surface area contributed by atoms with Gasteiger partial charge in [-0.3, -0.25) is 4.79 Å². The van der Waals surface area contributed by atoms with E-state index in [1.165, 1.54) is 18.0 Å². The standard InChI is InChI=1S/C14H23N3O4/c1-6-21-13-10(8-15-17(13)4)12(18)16-11(7-9(2)3)14(19)20-5/h8-9,11H,6-7H2,1-5H3,(H,16,18)/t11-/m0/s1. The Bertz CT molecular complexity index is 496. The SMILES string of the molecule is CCOc1c(C(=O)N[C@@H](CC(C)C)C(=O)OC)cnn1C. The molecular weight excluding hydrogens is 274 g/mol. The van der Waals surface area contributed by atoms with Crippen molar-refractivity contribution in [3.63, 3.8) is 0 Å². The Kier molecular flexibility index (Phi) is 6.20. The Balaban J connectivity index is 2.89. The van der Waals surface area contributed by atoms with Crippen molar-refractivity contribution >= 4 is 11.9 Å². The molecule has 0 bridgehead atoms. The molecular formula is C14H23N3O4. The number of rotatable bonds is 7. The van der Waals surface area contributed by atoms with E-state index in [1.807, 2.05) is 20.8 Å². The summed E-state index contributed by atoms with van der Waals surface area (Å²) in [5, 5.41) is 6.68. The van der Waals surface area contributed by atoms with Gasteiger partial charge in [-0.1, -0.05) is 13.8 Å². The van der Waals surface area contributed by atoms with Crippen LogP contribution in [-0.4, -0.2) is 41.4 Å². The van der Waals surface area contributed by atoms with Crippen LogP contribution in [0.4, 0.5) is 0 Å². The fourth-order valence-electron chi connectivity index (χ4n) is 1.95. The number of aryl methyl sites for hydroxylation is 1. The summed E-state index contributed by atoms with van der Waals surface area (Å²) in [6, 6.07) is -0.683. The molecule has 0 aliphatic heterocycles. The number of nitrogens with zero attached hydrogens (tertiary/aromatic N) is 2. The molecule has 118 valence electrons. The number of hydrogen-bond donors (Lipinski definition) is 1. The summed E-state index contributed by atoms with van der Waals surface area (Å²) in [4.78, 5) is 24.1. The van der Waals surface area contributed by atoms with E-state index in [0.717, 1.165) is 0 Å². The van der Waals surface area contributed by atoms with Crippen LogP contribution in [0, 0.1) is 5.92 Å². The van der Waals surface area contributed by atoms with E-state index in [4.69, 9.17) is 9.47 Å². The zero-order valence-corrected chi connectivity index (χ0v) is 13.2. The molecule has 0 saturated heterocycles. The molecule has 0 unspecified atom stereocenters. The van der Waals surface area contributed by atoms with Gasteiger partial charge in [0.25, 0.3) is 5.91 Å². The summed E-state index contributed by atoms with van der Waals surface area (Å²) in [5.74, 6) is -0.237. The van der Waals surface area contributed by atoms with Crippen molar-refractivity contribution in [1.82, 2.24) is 15.1 Å². The predicted octanol–water partition coefficient (Wildman–Crippen LogP) is 1.14. The van der Waals surface area contributed by atoms with Gasteiger partial charge in [-0.2, -0.15) is 5.10 Å². The van der Waals surface area contributed by atoms with Crippen molar-refractivity contribution in [3.05, 3.63) is 11.8 Å². The summed E-state index contributed by atoms with van der Waals surface area (Å²) in [6.07, 6.45) is 1.92. The lowest BCUT2D eigenvalue weighted by atomic mass is 10.0. The van der Waals surface area contributed by atoms with Gasteiger partial charge in [0.1, 0.15) is 11.6 Å². The average Bonchev–Trinajstić information content (AvgIpc) is 2.78. The summed E-state index contributed by atoms with van der Waals surface area (Å²) in [5.41, 5.74) is 0.303. The first kappa shape index (κ1) is 17.0. The van der Waals surface area contributed by atoms with E-state index in [2.05, 4.69) is 10.4 Å². The highest BCUT2D eigenvalue weighted by molar-refractivity contribution is 5.98. The van der Waals surface area contributed by atoms with Gasteiger partial charge in [0.2, 0.25) is 5.88 Å². The van der Waals surface area contributed by atoms with Gasteiger partial charge < -0.3 is 14.8 Å². The summed E-state index contributed by atoms with van der Waals surface area (Å²) < 4.78 is 11.6. The maximum atomic E-state index is 12.3. The van der Waals surface area contributed by atoms with Gasteiger partial charge in [0, 0.05) is 7.05 Å². The van der Waals surface area contributed by atoms with Crippen LogP contribution < -0.4 is 10.1 Å². The summed E-state index contributed by atoms with van der Waals surface area (Å²) in [7, 11) is 2.99. The lowest BCUT2D eigenvalue weighted by Gasteiger charge is -2.18. The van der Waals surface area contributed by atoms with E-state index in [0.29, 0.717) is 24.5 Å². The van der Waals surface area contributed by atoms with Crippen LogP contribution in [0.25, 0.3) is 0 Å². The molecule has 0 spiro atoms. The second kappa shape index (κ2) is 7.66. The predicted molar refractivity (Wildman–Crippen MR) is 77.1 cm³/mol. The molecule has 1 aromatic heterocycles. The highest BCUT2D eigenvalue weighted by atomic mass is 16.5. The minimum Gasteiger partial charge on any atom is -0.478 e. The van der Waals surface area contributed by atoms with Gasteiger partial charge >= 0.3 is 5.97 Å². The normalized spacial score (nSPS) is 12.1. The largest absolute Gasteiger partial charge is 0.478 e. The van der Waals surface area contributed by atoms with Crippen LogP contribution >= 0.6 is 0 Å². The van der Waals surface area contributed by atoms with Crippen LogP contribution in [0.15, 0.2) is 6.20 Å². The van der Waals surface area contributed by atoms with Crippen molar-refractivity contribution in [3.8, 4) is 5.88 Å². The maximum absolute atomic E-state index is 12.3.